The Morgan fingerprint density at radius 1 is 1.39 bits per heavy atom. The molecular weight excluding hydrogens is 235 g/mol. The first-order valence-corrected chi connectivity index (χ1v) is 5.60. The summed E-state index contributed by atoms with van der Waals surface area (Å²) in [6.45, 7) is 0. The summed E-state index contributed by atoms with van der Waals surface area (Å²) in [7, 11) is 1.32. The summed E-state index contributed by atoms with van der Waals surface area (Å²) in [4.78, 5) is 11.0. The van der Waals surface area contributed by atoms with Gasteiger partial charge in [0.15, 0.2) is 0 Å². The minimum atomic E-state index is -0.433. The van der Waals surface area contributed by atoms with E-state index in [9.17, 15) is 9.18 Å². The second-order valence-electron chi connectivity index (χ2n) is 3.90. The maximum Gasteiger partial charge on any atom is 0.333 e. The molecule has 2 rings (SSSR count). The van der Waals surface area contributed by atoms with Crippen molar-refractivity contribution in [1.29, 1.82) is 0 Å². The molecule has 1 aromatic carbocycles. The fourth-order valence-corrected chi connectivity index (χ4v) is 1.69. The molecule has 0 atom stereocenters. The lowest BCUT2D eigenvalue weighted by atomic mass is 10.2. The topological polar surface area (TPSA) is 35.5 Å². The van der Waals surface area contributed by atoms with Crippen LogP contribution in [0.1, 0.15) is 18.4 Å². The monoisotopic (exact) mass is 248 g/mol. The SMILES string of the molecule is COC(=O)/C=C1/CC/C(=C\c2cccc(F)c2)O1. The number of benzene rings is 1. The smallest absolute Gasteiger partial charge is 0.333 e. The van der Waals surface area contributed by atoms with Crippen molar-refractivity contribution in [3.05, 3.63) is 53.2 Å². The van der Waals surface area contributed by atoms with Crippen LogP contribution in [0, 0.1) is 5.82 Å². The zero-order valence-electron chi connectivity index (χ0n) is 9.98. The summed E-state index contributed by atoms with van der Waals surface area (Å²) in [6, 6.07) is 6.25. The molecule has 0 amide bonds. The molecule has 1 fully saturated rings. The number of carbonyl (C=O) groups excluding carboxylic acids is 1. The number of hydrogen-bond acceptors (Lipinski definition) is 3. The maximum absolute atomic E-state index is 13.0. The van der Waals surface area contributed by atoms with Crippen LogP contribution in [-0.2, 0) is 14.3 Å². The van der Waals surface area contributed by atoms with Gasteiger partial charge in [0.2, 0.25) is 0 Å². The Kier molecular flexibility index (Phi) is 3.77. The van der Waals surface area contributed by atoms with Gasteiger partial charge in [0, 0.05) is 12.8 Å². The lowest BCUT2D eigenvalue weighted by Crippen LogP contribution is -1.96. The number of ether oxygens (including phenoxy) is 2. The van der Waals surface area contributed by atoms with E-state index in [1.54, 1.807) is 18.2 Å². The minimum absolute atomic E-state index is 0.285. The second-order valence-corrected chi connectivity index (χ2v) is 3.90. The van der Waals surface area contributed by atoms with Gasteiger partial charge < -0.3 is 9.47 Å². The van der Waals surface area contributed by atoms with E-state index in [0.717, 1.165) is 11.3 Å². The molecule has 1 aliphatic heterocycles. The van der Waals surface area contributed by atoms with Gasteiger partial charge in [0.1, 0.15) is 17.3 Å². The van der Waals surface area contributed by atoms with E-state index in [1.807, 2.05) is 0 Å². The fraction of sp³-hybridized carbons (Fsp3) is 0.214. The predicted octanol–water partition coefficient (Wildman–Crippen LogP) is 3.03. The number of allylic oxidation sites excluding steroid dienone is 2. The van der Waals surface area contributed by atoms with Gasteiger partial charge in [-0.2, -0.15) is 0 Å². The predicted molar refractivity (Wildman–Crippen MR) is 64.8 cm³/mol. The lowest BCUT2D eigenvalue weighted by molar-refractivity contribution is -0.135. The molecule has 1 aliphatic rings. The molecule has 4 heteroatoms. The Morgan fingerprint density at radius 3 is 2.89 bits per heavy atom. The zero-order valence-corrected chi connectivity index (χ0v) is 9.98. The van der Waals surface area contributed by atoms with Gasteiger partial charge in [-0.15, -0.1) is 0 Å². The highest BCUT2D eigenvalue weighted by Crippen LogP contribution is 2.27. The van der Waals surface area contributed by atoms with Crippen LogP contribution >= 0.6 is 0 Å². The summed E-state index contributed by atoms with van der Waals surface area (Å²) < 4.78 is 23.0. The molecule has 1 aromatic rings. The van der Waals surface area contributed by atoms with Crippen LogP contribution in [0.15, 0.2) is 41.9 Å². The average molecular weight is 248 g/mol. The van der Waals surface area contributed by atoms with Gasteiger partial charge >= 0.3 is 5.97 Å². The molecule has 0 radical (unpaired) electrons. The van der Waals surface area contributed by atoms with Gasteiger partial charge in [-0.05, 0) is 23.8 Å². The normalized spacial score (nSPS) is 19.0. The zero-order chi connectivity index (χ0) is 13.0. The van der Waals surface area contributed by atoms with E-state index >= 15 is 0 Å². The van der Waals surface area contributed by atoms with Gasteiger partial charge in [0.05, 0.1) is 13.2 Å². The minimum Gasteiger partial charge on any atom is -0.466 e. The standard InChI is InChI=1S/C14H13FO3/c1-17-14(16)9-13-6-5-12(18-13)8-10-3-2-4-11(15)7-10/h2-4,7-9H,5-6H2,1H3/b12-8+,13-9-. The Bertz CT molecular complexity index is 518. The van der Waals surface area contributed by atoms with E-state index in [-0.39, 0.29) is 5.82 Å². The molecular formula is C14H13FO3. The second kappa shape index (κ2) is 5.49. The third kappa shape index (κ3) is 3.20. The van der Waals surface area contributed by atoms with Crippen LogP contribution in [0.5, 0.6) is 0 Å². The first-order chi connectivity index (χ1) is 8.67. The molecule has 94 valence electrons. The average Bonchev–Trinajstić information content (AvgIpc) is 2.76. The van der Waals surface area contributed by atoms with Gasteiger partial charge in [-0.25, -0.2) is 9.18 Å². The largest absolute Gasteiger partial charge is 0.466 e. The van der Waals surface area contributed by atoms with E-state index < -0.39 is 5.97 Å². The number of carbonyl (C=O) groups is 1. The number of methoxy groups -OCH3 is 1. The molecule has 0 aromatic heterocycles. The molecule has 18 heavy (non-hydrogen) atoms. The molecule has 0 unspecified atom stereocenters. The van der Waals surface area contributed by atoms with Gasteiger partial charge in [0.25, 0.3) is 0 Å². The summed E-state index contributed by atoms with van der Waals surface area (Å²) in [5.41, 5.74) is 0.740. The highest BCUT2D eigenvalue weighted by Gasteiger charge is 2.15. The molecule has 0 N–H and O–H groups in total. The Morgan fingerprint density at radius 2 is 2.17 bits per heavy atom. The van der Waals surface area contributed by atoms with Gasteiger partial charge in [-0.1, -0.05) is 12.1 Å². The van der Waals surface area contributed by atoms with Crippen molar-refractivity contribution in [1.82, 2.24) is 0 Å². The number of hydrogen-bond donors (Lipinski definition) is 0. The summed E-state index contributed by atoms with van der Waals surface area (Å²) in [5.74, 6) is 0.574. The van der Waals surface area contributed by atoms with Crippen molar-refractivity contribution >= 4 is 12.0 Å². The number of rotatable bonds is 2. The van der Waals surface area contributed by atoms with Crippen molar-refractivity contribution in [2.75, 3.05) is 7.11 Å². The summed E-state index contributed by atoms with van der Waals surface area (Å²) in [5, 5.41) is 0. The quantitative estimate of drug-likeness (QED) is 0.596. The highest BCUT2D eigenvalue weighted by atomic mass is 19.1. The molecule has 0 bridgehead atoms. The van der Waals surface area contributed by atoms with Crippen LogP contribution in [0.2, 0.25) is 0 Å². The molecule has 1 heterocycles. The Hall–Kier alpha value is -2.10. The van der Waals surface area contributed by atoms with Crippen LogP contribution in [0.25, 0.3) is 6.08 Å². The molecule has 3 nitrogen and oxygen atoms in total. The molecule has 0 spiro atoms. The van der Waals surface area contributed by atoms with Crippen LogP contribution < -0.4 is 0 Å². The van der Waals surface area contributed by atoms with Gasteiger partial charge in [-0.3, -0.25) is 0 Å². The van der Waals surface area contributed by atoms with Crippen LogP contribution in [0.4, 0.5) is 4.39 Å². The van der Waals surface area contributed by atoms with Crippen molar-refractivity contribution < 1.29 is 18.7 Å². The third-order valence-corrected chi connectivity index (χ3v) is 2.54. The molecule has 1 saturated heterocycles. The third-order valence-electron chi connectivity index (χ3n) is 2.54. The first-order valence-electron chi connectivity index (χ1n) is 5.60. The van der Waals surface area contributed by atoms with E-state index in [0.29, 0.717) is 18.6 Å². The van der Waals surface area contributed by atoms with Crippen LogP contribution in [0.3, 0.4) is 0 Å². The molecule has 0 saturated carbocycles. The van der Waals surface area contributed by atoms with E-state index in [4.69, 9.17) is 4.74 Å². The van der Waals surface area contributed by atoms with E-state index in [2.05, 4.69) is 4.74 Å². The van der Waals surface area contributed by atoms with Crippen molar-refractivity contribution in [2.24, 2.45) is 0 Å². The Labute approximate surface area is 105 Å². The summed E-state index contributed by atoms with van der Waals surface area (Å²) in [6.07, 6.45) is 4.43. The van der Waals surface area contributed by atoms with Crippen molar-refractivity contribution in [3.8, 4) is 0 Å². The maximum atomic E-state index is 13.0. The lowest BCUT2D eigenvalue weighted by Gasteiger charge is -2.00. The van der Waals surface area contributed by atoms with Crippen LogP contribution in [-0.4, -0.2) is 13.1 Å². The fourth-order valence-electron chi connectivity index (χ4n) is 1.69. The first kappa shape index (κ1) is 12.4. The number of halogens is 1. The highest BCUT2D eigenvalue weighted by molar-refractivity contribution is 5.82. The van der Waals surface area contributed by atoms with E-state index in [1.165, 1.54) is 25.3 Å². The number of esters is 1. The van der Waals surface area contributed by atoms with Crippen molar-refractivity contribution in [2.45, 2.75) is 12.8 Å². The Balaban J connectivity index is 2.09. The molecule has 0 aliphatic carbocycles. The van der Waals surface area contributed by atoms with Crippen molar-refractivity contribution in [3.63, 3.8) is 0 Å². The summed E-state index contributed by atoms with van der Waals surface area (Å²) >= 11 is 0.